The SMILES string of the molecule is CC(C)CCOCCNCc1cccnn1. The molecule has 0 aromatic carbocycles. The van der Waals surface area contributed by atoms with E-state index in [0.717, 1.165) is 38.4 Å². The van der Waals surface area contributed by atoms with Gasteiger partial charge in [0.15, 0.2) is 0 Å². The van der Waals surface area contributed by atoms with E-state index < -0.39 is 0 Å². The van der Waals surface area contributed by atoms with Crippen molar-refractivity contribution in [3.63, 3.8) is 0 Å². The second-order valence-corrected chi connectivity index (χ2v) is 4.19. The minimum Gasteiger partial charge on any atom is -0.380 e. The molecule has 1 rings (SSSR count). The third-order valence-electron chi connectivity index (χ3n) is 2.20. The number of rotatable bonds is 8. The van der Waals surface area contributed by atoms with Gasteiger partial charge in [-0.15, -0.1) is 0 Å². The van der Waals surface area contributed by atoms with Gasteiger partial charge in [-0.05, 0) is 24.5 Å². The zero-order valence-corrected chi connectivity index (χ0v) is 10.1. The summed E-state index contributed by atoms with van der Waals surface area (Å²) in [6.07, 6.45) is 2.81. The minimum absolute atomic E-state index is 0.715. The number of aromatic nitrogens is 2. The molecule has 4 nitrogen and oxygen atoms in total. The number of nitrogens with one attached hydrogen (secondary N) is 1. The van der Waals surface area contributed by atoms with E-state index in [1.54, 1.807) is 6.20 Å². The van der Waals surface area contributed by atoms with Crippen LogP contribution in [0.4, 0.5) is 0 Å². The lowest BCUT2D eigenvalue weighted by atomic mass is 10.1. The van der Waals surface area contributed by atoms with Crippen LogP contribution in [0.25, 0.3) is 0 Å². The molecule has 0 spiro atoms. The Morgan fingerprint density at radius 2 is 2.25 bits per heavy atom. The molecule has 0 radical (unpaired) electrons. The molecule has 0 aliphatic heterocycles. The fraction of sp³-hybridized carbons (Fsp3) is 0.667. The highest BCUT2D eigenvalue weighted by Gasteiger charge is 1.95. The first kappa shape index (κ1) is 13.1. The third kappa shape index (κ3) is 6.48. The van der Waals surface area contributed by atoms with Gasteiger partial charge in [-0.3, -0.25) is 0 Å². The van der Waals surface area contributed by atoms with Crippen LogP contribution in [0.3, 0.4) is 0 Å². The lowest BCUT2D eigenvalue weighted by Gasteiger charge is -2.07. The molecule has 16 heavy (non-hydrogen) atoms. The van der Waals surface area contributed by atoms with E-state index in [4.69, 9.17) is 4.74 Å². The summed E-state index contributed by atoms with van der Waals surface area (Å²) in [6, 6.07) is 3.85. The Labute approximate surface area is 97.4 Å². The monoisotopic (exact) mass is 223 g/mol. The molecule has 0 fully saturated rings. The molecule has 0 aliphatic rings. The van der Waals surface area contributed by atoms with E-state index in [-0.39, 0.29) is 0 Å². The summed E-state index contributed by atoms with van der Waals surface area (Å²) in [5, 5.41) is 11.1. The van der Waals surface area contributed by atoms with Gasteiger partial charge in [0.1, 0.15) is 0 Å². The Morgan fingerprint density at radius 3 is 2.94 bits per heavy atom. The zero-order chi connectivity index (χ0) is 11.6. The van der Waals surface area contributed by atoms with E-state index in [0.29, 0.717) is 5.92 Å². The predicted octanol–water partition coefficient (Wildman–Crippen LogP) is 1.63. The molecule has 0 atom stereocenters. The summed E-state index contributed by atoms with van der Waals surface area (Å²) >= 11 is 0. The van der Waals surface area contributed by atoms with Crippen LogP contribution in [0.2, 0.25) is 0 Å². The Kier molecular flexibility index (Phi) is 6.69. The van der Waals surface area contributed by atoms with Gasteiger partial charge in [0.05, 0.1) is 12.3 Å². The lowest BCUT2D eigenvalue weighted by Crippen LogP contribution is -2.20. The summed E-state index contributed by atoms with van der Waals surface area (Å²) in [6.45, 7) is 7.62. The lowest BCUT2D eigenvalue weighted by molar-refractivity contribution is 0.125. The molecule has 1 N–H and O–H groups in total. The van der Waals surface area contributed by atoms with Crippen LogP contribution in [0.15, 0.2) is 18.3 Å². The van der Waals surface area contributed by atoms with Crippen molar-refractivity contribution in [1.82, 2.24) is 15.5 Å². The first-order valence-electron chi connectivity index (χ1n) is 5.84. The van der Waals surface area contributed by atoms with Crippen molar-refractivity contribution < 1.29 is 4.74 Å². The van der Waals surface area contributed by atoms with Gasteiger partial charge in [-0.1, -0.05) is 13.8 Å². The minimum atomic E-state index is 0.715. The highest BCUT2D eigenvalue weighted by Crippen LogP contribution is 1.98. The number of hydrogen-bond donors (Lipinski definition) is 1. The average molecular weight is 223 g/mol. The van der Waals surface area contributed by atoms with Gasteiger partial charge in [0, 0.05) is 25.9 Å². The Morgan fingerprint density at radius 1 is 1.38 bits per heavy atom. The van der Waals surface area contributed by atoms with E-state index in [1.807, 2.05) is 12.1 Å². The summed E-state index contributed by atoms with van der Waals surface area (Å²) in [5.41, 5.74) is 0.963. The first-order valence-corrected chi connectivity index (χ1v) is 5.84. The van der Waals surface area contributed by atoms with E-state index >= 15 is 0 Å². The second kappa shape index (κ2) is 8.19. The quantitative estimate of drug-likeness (QED) is 0.680. The second-order valence-electron chi connectivity index (χ2n) is 4.19. The van der Waals surface area contributed by atoms with Crippen molar-refractivity contribution in [2.75, 3.05) is 19.8 Å². The molecule has 90 valence electrons. The van der Waals surface area contributed by atoms with E-state index in [2.05, 4.69) is 29.4 Å². The molecule has 4 heteroatoms. The van der Waals surface area contributed by atoms with Gasteiger partial charge in [-0.25, -0.2) is 0 Å². The summed E-state index contributed by atoms with van der Waals surface area (Å²) in [4.78, 5) is 0. The maximum absolute atomic E-state index is 5.48. The summed E-state index contributed by atoms with van der Waals surface area (Å²) in [7, 11) is 0. The fourth-order valence-electron chi connectivity index (χ4n) is 1.21. The molecule has 0 saturated carbocycles. The van der Waals surface area contributed by atoms with Crippen LogP contribution in [0.5, 0.6) is 0 Å². The number of hydrogen-bond acceptors (Lipinski definition) is 4. The van der Waals surface area contributed by atoms with Gasteiger partial charge >= 0.3 is 0 Å². The molecular formula is C12H21N3O. The molecule has 0 bridgehead atoms. The first-order chi connectivity index (χ1) is 7.79. The predicted molar refractivity (Wildman–Crippen MR) is 64.0 cm³/mol. The van der Waals surface area contributed by atoms with Crippen molar-refractivity contribution >= 4 is 0 Å². The van der Waals surface area contributed by atoms with Crippen LogP contribution < -0.4 is 5.32 Å². The van der Waals surface area contributed by atoms with Gasteiger partial charge in [-0.2, -0.15) is 10.2 Å². The Bertz CT molecular complexity index is 264. The van der Waals surface area contributed by atoms with Gasteiger partial charge in [0.25, 0.3) is 0 Å². The summed E-state index contributed by atoms with van der Waals surface area (Å²) in [5.74, 6) is 0.715. The van der Waals surface area contributed by atoms with Crippen LogP contribution in [-0.4, -0.2) is 30.0 Å². The molecule has 0 unspecified atom stereocenters. The molecule has 0 amide bonds. The molecule has 1 aromatic rings. The maximum atomic E-state index is 5.48. The highest BCUT2D eigenvalue weighted by atomic mass is 16.5. The fourth-order valence-corrected chi connectivity index (χ4v) is 1.21. The Balaban J connectivity index is 1.93. The molecule has 1 heterocycles. The maximum Gasteiger partial charge on any atom is 0.0768 e. The molecule has 0 saturated heterocycles. The van der Waals surface area contributed by atoms with Crippen molar-refractivity contribution in [2.24, 2.45) is 5.92 Å². The smallest absolute Gasteiger partial charge is 0.0768 e. The topological polar surface area (TPSA) is 47.0 Å². The van der Waals surface area contributed by atoms with Crippen LogP contribution in [-0.2, 0) is 11.3 Å². The van der Waals surface area contributed by atoms with Gasteiger partial charge < -0.3 is 10.1 Å². The molecule has 1 aromatic heterocycles. The normalized spacial score (nSPS) is 10.9. The van der Waals surface area contributed by atoms with Crippen LogP contribution in [0.1, 0.15) is 26.0 Å². The number of nitrogens with zero attached hydrogens (tertiary/aromatic N) is 2. The zero-order valence-electron chi connectivity index (χ0n) is 10.1. The number of ether oxygens (including phenoxy) is 1. The average Bonchev–Trinajstić information content (AvgIpc) is 2.29. The van der Waals surface area contributed by atoms with Crippen LogP contribution in [0, 0.1) is 5.92 Å². The van der Waals surface area contributed by atoms with E-state index in [1.165, 1.54) is 0 Å². The van der Waals surface area contributed by atoms with Crippen molar-refractivity contribution in [2.45, 2.75) is 26.8 Å². The standard InChI is InChI=1S/C12H21N3O/c1-11(2)5-8-16-9-7-13-10-12-4-3-6-14-15-12/h3-4,6,11,13H,5,7-10H2,1-2H3. The third-order valence-corrected chi connectivity index (χ3v) is 2.20. The molecular weight excluding hydrogens is 202 g/mol. The highest BCUT2D eigenvalue weighted by molar-refractivity contribution is 4.98. The van der Waals surface area contributed by atoms with Crippen molar-refractivity contribution in [3.8, 4) is 0 Å². The largest absolute Gasteiger partial charge is 0.380 e. The van der Waals surface area contributed by atoms with Crippen molar-refractivity contribution in [1.29, 1.82) is 0 Å². The van der Waals surface area contributed by atoms with Gasteiger partial charge in [0.2, 0.25) is 0 Å². The Hall–Kier alpha value is -1.00. The van der Waals surface area contributed by atoms with E-state index in [9.17, 15) is 0 Å². The van der Waals surface area contributed by atoms with Crippen molar-refractivity contribution in [3.05, 3.63) is 24.0 Å². The molecule has 0 aliphatic carbocycles. The van der Waals surface area contributed by atoms with Crippen LogP contribution >= 0.6 is 0 Å². The summed E-state index contributed by atoms with van der Waals surface area (Å²) < 4.78 is 5.48.